The summed E-state index contributed by atoms with van der Waals surface area (Å²) in [6.07, 6.45) is 4.46. The van der Waals surface area contributed by atoms with Crippen LogP contribution in [0.4, 0.5) is 0 Å². The van der Waals surface area contributed by atoms with E-state index in [9.17, 15) is 4.79 Å². The molecule has 0 aromatic carbocycles. The SMILES string of the molecule is Cc1c(C=O)sc2nc(-c3ccn[nH]3)cn12. The van der Waals surface area contributed by atoms with Gasteiger partial charge in [-0.3, -0.25) is 14.3 Å². The first-order valence-corrected chi connectivity index (χ1v) is 5.54. The Hall–Kier alpha value is -1.95. The Labute approximate surface area is 94.8 Å². The van der Waals surface area contributed by atoms with Crippen LogP contribution in [0.25, 0.3) is 16.3 Å². The lowest BCUT2D eigenvalue weighted by molar-refractivity contribution is 0.112. The third-order valence-electron chi connectivity index (χ3n) is 2.48. The molecule has 0 amide bonds. The van der Waals surface area contributed by atoms with Crippen molar-refractivity contribution in [1.82, 2.24) is 19.6 Å². The van der Waals surface area contributed by atoms with Gasteiger partial charge in [-0.1, -0.05) is 11.3 Å². The number of imidazole rings is 1. The van der Waals surface area contributed by atoms with Gasteiger partial charge in [0.1, 0.15) is 5.69 Å². The lowest BCUT2D eigenvalue weighted by atomic mass is 10.3. The molecular weight excluding hydrogens is 224 g/mol. The van der Waals surface area contributed by atoms with E-state index < -0.39 is 0 Å². The minimum absolute atomic E-state index is 0.721. The Morgan fingerprint density at radius 1 is 1.56 bits per heavy atom. The number of thiazole rings is 1. The average molecular weight is 232 g/mol. The van der Waals surface area contributed by atoms with Gasteiger partial charge in [0.15, 0.2) is 11.2 Å². The zero-order chi connectivity index (χ0) is 11.1. The topological polar surface area (TPSA) is 63.0 Å². The first-order valence-electron chi connectivity index (χ1n) is 4.73. The van der Waals surface area contributed by atoms with Crippen LogP contribution in [0.15, 0.2) is 18.5 Å². The molecule has 0 radical (unpaired) electrons. The fraction of sp³-hybridized carbons (Fsp3) is 0.100. The molecule has 0 atom stereocenters. The monoisotopic (exact) mass is 232 g/mol. The van der Waals surface area contributed by atoms with Crippen LogP contribution >= 0.6 is 11.3 Å². The van der Waals surface area contributed by atoms with Gasteiger partial charge < -0.3 is 0 Å². The van der Waals surface area contributed by atoms with Crippen molar-refractivity contribution in [3.8, 4) is 11.4 Å². The van der Waals surface area contributed by atoms with Crippen molar-refractivity contribution < 1.29 is 4.79 Å². The number of aromatic nitrogens is 4. The molecule has 0 aliphatic heterocycles. The van der Waals surface area contributed by atoms with E-state index in [1.165, 1.54) is 11.3 Å². The van der Waals surface area contributed by atoms with Gasteiger partial charge in [-0.25, -0.2) is 4.98 Å². The predicted octanol–water partition coefficient (Wildman–Crippen LogP) is 1.91. The number of nitrogens with one attached hydrogen (secondary N) is 1. The molecule has 0 aliphatic rings. The standard InChI is InChI=1S/C10H8N4OS/c1-6-9(5-15)16-10-12-8(4-14(6)10)7-2-3-11-13-7/h2-5H,1H3,(H,11,13). The van der Waals surface area contributed by atoms with Gasteiger partial charge in [0, 0.05) is 18.1 Å². The number of nitrogens with zero attached hydrogens (tertiary/aromatic N) is 3. The molecule has 0 unspecified atom stereocenters. The summed E-state index contributed by atoms with van der Waals surface area (Å²) in [5.41, 5.74) is 2.64. The fourth-order valence-electron chi connectivity index (χ4n) is 1.60. The second kappa shape index (κ2) is 3.28. The molecule has 3 rings (SSSR count). The van der Waals surface area contributed by atoms with Crippen LogP contribution in [0.2, 0.25) is 0 Å². The highest BCUT2D eigenvalue weighted by Gasteiger charge is 2.12. The maximum atomic E-state index is 10.8. The van der Waals surface area contributed by atoms with Crippen molar-refractivity contribution >= 4 is 22.6 Å². The normalized spacial score (nSPS) is 11.1. The highest BCUT2D eigenvalue weighted by atomic mass is 32.1. The molecule has 3 aromatic rings. The van der Waals surface area contributed by atoms with Crippen molar-refractivity contribution in [3.63, 3.8) is 0 Å². The molecule has 3 aromatic heterocycles. The Bertz CT molecular complexity index is 650. The molecule has 0 saturated heterocycles. The molecule has 80 valence electrons. The van der Waals surface area contributed by atoms with Gasteiger partial charge >= 0.3 is 0 Å². The number of hydrogen-bond donors (Lipinski definition) is 1. The summed E-state index contributed by atoms with van der Waals surface area (Å²) in [7, 11) is 0. The van der Waals surface area contributed by atoms with Gasteiger partial charge in [0.25, 0.3) is 0 Å². The van der Waals surface area contributed by atoms with E-state index >= 15 is 0 Å². The lowest BCUT2D eigenvalue weighted by Crippen LogP contribution is -1.84. The highest BCUT2D eigenvalue weighted by molar-refractivity contribution is 7.18. The van der Waals surface area contributed by atoms with E-state index in [4.69, 9.17) is 0 Å². The van der Waals surface area contributed by atoms with Crippen LogP contribution in [0.5, 0.6) is 0 Å². The summed E-state index contributed by atoms with van der Waals surface area (Å²) in [5, 5.41) is 6.74. The maximum absolute atomic E-state index is 10.8. The largest absolute Gasteiger partial charge is 0.297 e. The van der Waals surface area contributed by atoms with Gasteiger partial charge in [0.2, 0.25) is 0 Å². The molecule has 0 fully saturated rings. The van der Waals surface area contributed by atoms with Gasteiger partial charge in [-0.15, -0.1) is 0 Å². The van der Waals surface area contributed by atoms with E-state index in [1.807, 2.05) is 23.6 Å². The number of aldehydes is 1. The summed E-state index contributed by atoms with van der Waals surface area (Å²) in [6, 6.07) is 1.86. The summed E-state index contributed by atoms with van der Waals surface area (Å²) in [4.78, 5) is 16.7. The number of carbonyl (C=O) groups is 1. The third-order valence-corrected chi connectivity index (χ3v) is 3.56. The Morgan fingerprint density at radius 3 is 3.06 bits per heavy atom. The number of aryl methyl sites for hydroxylation is 1. The number of hydrogen-bond acceptors (Lipinski definition) is 4. The lowest BCUT2D eigenvalue weighted by Gasteiger charge is -1.89. The van der Waals surface area contributed by atoms with E-state index in [0.717, 1.165) is 33.2 Å². The number of rotatable bonds is 2. The molecule has 1 N–H and O–H groups in total. The molecule has 6 heteroatoms. The molecule has 0 saturated carbocycles. The fourth-order valence-corrected chi connectivity index (χ4v) is 2.53. The minimum Gasteiger partial charge on any atom is -0.297 e. The second-order valence-corrected chi connectivity index (χ2v) is 4.43. The Balaban J connectivity index is 2.22. The molecule has 5 nitrogen and oxygen atoms in total. The first-order chi connectivity index (χ1) is 7.79. The molecule has 0 aliphatic carbocycles. The second-order valence-electron chi connectivity index (χ2n) is 3.42. The van der Waals surface area contributed by atoms with Gasteiger partial charge in [-0.05, 0) is 13.0 Å². The van der Waals surface area contributed by atoms with E-state index in [2.05, 4.69) is 15.2 Å². The summed E-state index contributed by atoms with van der Waals surface area (Å²) < 4.78 is 1.92. The van der Waals surface area contributed by atoms with Crippen molar-refractivity contribution in [2.24, 2.45) is 0 Å². The molecule has 0 bridgehead atoms. The van der Waals surface area contributed by atoms with Crippen LogP contribution in [0, 0.1) is 6.92 Å². The van der Waals surface area contributed by atoms with Crippen molar-refractivity contribution in [2.75, 3.05) is 0 Å². The predicted molar refractivity (Wildman–Crippen MR) is 60.8 cm³/mol. The van der Waals surface area contributed by atoms with Gasteiger partial charge in [0.05, 0.1) is 10.6 Å². The van der Waals surface area contributed by atoms with Gasteiger partial charge in [-0.2, -0.15) is 5.10 Å². The molecule has 16 heavy (non-hydrogen) atoms. The van der Waals surface area contributed by atoms with Crippen molar-refractivity contribution in [1.29, 1.82) is 0 Å². The summed E-state index contributed by atoms with van der Waals surface area (Å²) in [6.45, 7) is 1.91. The minimum atomic E-state index is 0.721. The van der Waals surface area contributed by atoms with E-state index in [1.54, 1.807) is 6.20 Å². The zero-order valence-electron chi connectivity index (χ0n) is 8.47. The smallest absolute Gasteiger partial charge is 0.195 e. The zero-order valence-corrected chi connectivity index (χ0v) is 9.28. The highest BCUT2D eigenvalue weighted by Crippen LogP contribution is 2.24. The number of fused-ring (bicyclic) bond motifs is 1. The molecule has 0 spiro atoms. The average Bonchev–Trinajstić information content (AvgIpc) is 2.95. The van der Waals surface area contributed by atoms with Crippen molar-refractivity contribution in [3.05, 3.63) is 29.0 Å². The van der Waals surface area contributed by atoms with Crippen LogP contribution in [0.1, 0.15) is 15.4 Å². The number of aromatic amines is 1. The van der Waals surface area contributed by atoms with Crippen LogP contribution < -0.4 is 0 Å². The van der Waals surface area contributed by atoms with E-state index in [-0.39, 0.29) is 0 Å². The van der Waals surface area contributed by atoms with E-state index in [0.29, 0.717) is 0 Å². The number of H-pyrrole nitrogens is 1. The van der Waals surface area contributed by atoms with Crippen LogP contribution in [-0.4, -0.2) is 25.9 Å². The number of carbonyl (C=O) groups excluding carboxylic acids is 1. The first kappa shape index (κ1) is 9.29. The van der Waals surface area contributed by atoms with Crippen molar-refractivity contribution in [2.45, 2.75) is 6.92 Å². The molecular formula is C10H8N4OS. The Morgan fingerprint density at radius 2 is 2.44 bits per heavy atom. The summed E-state index contributed by atoms with van der Waals surface area (Å²) >= 11 is 1.39. The third kappa shape index (κ3) is 1.20. The van der Waals surface area contributed by atoms with Crippen LogP contribution in [0.3, 0.4) is 0 Å². The molecule has 3 heterocycles. The summed E-state index contributed by atoms with van der Waals surface area (Å²) in [5.74, 6) is 0. The van der Waals surface area contributed by atoms with Crippen LogP contribution in [-0.2, 0) is 0 Å². The quantitative estimate of drug-likeness (QED) is 0.686. The maximum Gasteiger partial charge on any atom is 0.195 e. The Kier molecular flexibility index (Phi) is 1.90.